The van der Waals surface area contributed by atoms with Crippen molar-refractivity contribution in [2.45, 2.75) is 65.3 Å². The topological polar surface area (TPSA) is 124 Å². The van der Waals surface area contributed by atoms with Gasteiger partial charge in [0.05, 0.1) is 6.10 Å². The zero-order chi connectivity index (χ0) is 19.1. The van der Waals surface area contributed by atoms with E-state index in [1.807, 2.05) is 0 Å². The van der Waals surface area contributed by atoms with E-state index in [1.165, 1.54) is 6.92 Å². The average Bonchev–Trinajstić information content (AvgIpc) is 2.72. The van der Waals surface area contributed by atoms with Crippen molar-refractivity contribution in [3.05, 3.63) is 0 Å². The summed E-state index contributed by atoms with van der Waals surface area (Å²) in [6.07, 6.45) is -6.24. The van der Waals surface area contributed by atoms with Gasteiger partial charge in [-0.05, 0) is 13.8 Å². The van der Waals surface area contributed by atoms with Crippen molar-refractivity contribution in [1.82, 2.24) is 0 Å². The third kappa shape index (κ3) is 6.96. The highest BCUT2D eigenvalue weighted by Crippen LogP contribution is 2.29. The SMILES string of the molecule is CC(=O)OC[C@H]1OC(OC(C)=O)[C@H](OC(C)=O)[C@H]1OC(=O)OC(C)C. The Bertz CT molecular complexity index is 514. The second-order valence-electron chi connectivity index (χ2n) is 5.53. The Morgan fingerprint density at radius 1 is 0.880 bits per heavy atom. The summed E-state index contributed by atoms with van der Waals surface area (Å²) in [6.45, 7) is 6.39. The fourth-order valence-corrected chi connectivity index (χ4v) is 2.07. The summed E-state index contributed by atoms with van der Waals surface area (Å²) in [6, 6.07) is 0. The monoisotopic (exact) mass is 362 g/mol. The number of hydrogen-bond donors (Lipinski definition) is 0. The molecule has 1 aliphatic rings. The van der Waals surface area contributed by atoms with Crippen LogP contribution in [-0.2, 0) is 42.8 Å². The Hall–Kier alpha value is -2.36. The molecule has 10 nitrogen and oxygen atoms in total. The number of hydrogen-bond acceptors (Lipinski definition) is 10. The molecular formula is C15H22O10. The lowest BCUT2D eigenvalue weighted by Crippen LogP contribution is -2.42. The van der Waals surface area contributed by atoms with Crippen molar-refractivity contribution in [1.29, 1.82) is 0 Å². The summed E-state index contributed by atoms with van der Waals surface area (Å²) < 4.78 is 30.3. The quantitative estimate of drug-likeness (QED) is 0.492. The summed E-state index contributed by atoms with van der Waals surface area (Å²) in [7, 11) is 0. The molecule has 0 aromatic rings. The predicted molar refractivity (Wildman–Crippen MR) is 79.1 cm³/mol. The normalized spacial score (nSPS) is 25.2. The van der Waals surface area contributed by atoms with Crippen molar-refractivity contribution in [3.8, 4) is 0 Å². The second kappa shape index (κ2) is 9.21. The molecule has 0 aromatic carbocycles. The third-order valence-electron chi connectivity index (χ3n) is 2.87. The molecule has 0 amide bonds. The maximum Gasteiger partial charge on any atom is 0.509 e. The van der Waals surface area contributed by atoms with Gasteiger partial charge in [0.2, 0.25) is 12.4 Å². The van der Waals surface area contributed by atoms with E-state index in [9.17, 15) is 19.2 Å². The van der Waals surface area contributed by atoms with Gasteiger partial charge in [-0.3, -0.25) is 14.4 Å². The van der Waals surface area contributed by atoms with Crippen LogP contribution in [0.1, 0.15) is 34.6 Å². The first kappa shape index (κ1) is 20.7. The molecular weight excluding hydrogens is 340 g/mol. The van der Waals surface area contributed by atoms with Crippen LogP contribution in [0.15, 0.2) is 0 Å². The first-order chi connectivity index (χ1) is 11.6. The van der Waals surface area contributed by atoms with Gasteiger partial charge in [-0.15, -0.1) is 0 Å². The Kier molecular flexibility index (Phi) is 7.62. The molecule has 0 aliphatic carbocycles. The van der Waals surface area contributed by atoms with Gasteiger partial charge in [0.25, 0.3) is 0 Å². The molecule has 1 aliphatic heterocycles. The first-order valence-corrected chi connectivity index (χ1v) is 7.60. The number of rotatable bonds is 6. The van der Waals surface area contributed by atoms with Gasteiger partial charge in [0.1, 0.15) is 12.7 Å². The fraction of sp³-hybridized carbons (Fsp3) is 0.733. The van der Waals surface area contributed by atoms with E-state index < -0.39 is 54.8 Å². The summed E-state index contributed by atoms with van der Waals surface area (Å²) in [5.41, 5.74) is 0. The van der Waals surface area contributed by atoms with E-state index >= 15 is 0 Å². The molecule has 10 heteroatoms. The van der Waals surface area contributed by atoms with Gasteiger partial charge in [-0.2, -0.15) is 0 Å². The zero-order valence-electron chi connectivity index (χ0n) is 14.7. The van der Waals surface area contributed by atoms with Gasteiger partial charge in [-0.25, -0.2) is 4.79 Å². The molecule has 0 spiro atoms. The molecule has 4 atom stereocenters. The highest BCUT2D eigenvalue weighted by atomic mass is 16.8. The van der Waals surface area contributed by atoms with E-state index in [0.29, 0.717) is 0 Å². The Morgan fingerprint density at radius 2 is 1.48 bits per heavy atom. The highest BCUT2D eigenvalue weighted by Gasteiger charge is 2.52. The van der Waals surface area contributed by atoms with E-state index in [1.54, 1.807) is 13.8 Å². The lowest BCUT2D eigenvalue weighted by atomic mass is 10.1. The Balaban J connectivity index is 2.98. The molecule has 142 valence electrons. The molecule has 1 unspecified atom stereocenters. The minimum atomic E-state index is -1.32. The van der Waals surface area contributed by atoms with E-state index in [0.717, 1.165) is 13.8 Å². The number of ether oxygens (including phenoxy) is 6. The third-order valence-corrected chi connectivity index (χ3v) is 2.87. The van der Waals surface area contributed by atoms with E-state index in [2.05, 4.69) is 0 Å². The summed E-state index contributed by atoms with van der Waals surface area (Å²) in [4.78, 5) is 45.4. The lowest BCUT2D eigenvalue weighted by molar-refractivity contribution is -0.197. The lowest BCUT2D eigenvalue weighted by Gasteiger charge is -2.23. The van der Waals surface area contributed by atoms with Crippen LogP contribution in [-0.4, -0.2) is 61.4 Å². The summed E-state index contributed by atoms with van der Waals surface area (Å²) >= 11 is 0. The summed E-state index contributed by atoms with van der Waals surface area (Å²) in [5, 5.41) is 0. The van der Waals surface area contributed by atoms with Crippen LogP contribution in [0.4, 0.5) is 4.79 Å². The smallest absolute Gasteiger partial charge is 0.463 e. The van der Waals surface area contributed by atoms with Crippen molar-refractivity contribution in [2.24, 2.45) is 0 Å². The van der Waals surface area contributed by atoms with Gasteiger partial charge in [-0.1, -0.05) is 0 Å². The van der Waals surface area contributed by atoms with Crippen molar-refractivity contribution in [3.63, 3.8) is 0 Å². The molecule has 1 saturated heterocycles. The largest absolute Gasteiger partial charge is 0.509 e. The minimum Gasteiger partial charge on any atom is -0.463 e. The van der Waals surface area contributed by atoms with E-state index in [4.69, 9.17) is 28.4 Å². The molecule has 25 heavy (non-hydrogen) atoms. The van der Waals surface area contributed by atoms with Crippen LogP contribution in [0.2, 0.25) is 0 Å². The fourth-order valence-electron chi connectivity index (χ4n) is 2.07. The molecule has 1 heterocycles. The molecule has 0 bridgehead atoms. The second-order valence-corrected chi connectivity index (χ2v) is 5.53. The molecule has 0 saturated carbocycles. The number of carbonyl (C=O) groups excluding carboxylic acids is 4. The maximum atomic E-state index is 11.8. The molecule has 1 rings (SSSR count). The molecule has 0 radical (unpaired) electrons. The van der Waals surface area contributed by atoms with Crippen LogP contribution in [0.25, 0.3) is 0 Å². The molecule has 1 fully saturated rings. The van der Waals surface area contributed by atoms with Crippen molar-refractivity contribution in [2.75, 3.05) is 6.61 Å². The van der Waals surface area contributed by atoms with Crippen LogP contribution in [0.5, 0.6) is 0 Å². The molecule has 0 aromatic heterocycles. The standard InChI is InChI=1S/C15H22O10/c1-7(2)21-15(19)25-12-11(6-20-8(3)16)24-14(23-10(5)18)13(12)22-9(4)17/h7,11-14H,6H2,1-5H3/t11-,12+,13-,14?/m1/s1. The van der Waals surface area contributed by atoms with Crippen LogP contribution in [0, 0.1) is 0 Å². The Labute approximate surface area is 144 Å². The van der Waals surface area contributed by atoms with Crippen molar-refractivity contribution < 1.29 is 47.6 Å². The van der Waals surface area contributed by atoms with Gasteiger partial charge >= 0.3 is 24.1 Å². The maximum absolute atomic E-state index is 11.8. The van der Waals surface area contributed by atoms with Crippen LogP contribution in [0.3, 0.4) is 0 Å². The van der Waals surface area contributed by atoms with E-state index in [-0.39, 0.29) is 6.61 Å². The highest BCUT2D eigenvalue weighted by molar-refractivity contribution is 5.68. The van der Waals surface area contributed by atoms with Crippen LogP contribution >= 0.6 is 0 Å². The number of carbonyl (C=O) groups is 4. The van der Waals surface area contributed by atoms with Crippen molar-refractivity contribution >= 4 is 24.1 Å². The summed E-state index contributed by atoms with van der Waals surface area (Å²) in [5.74, 6) is -1.99. The molecule has 0 N–H and O–H groups in total. The Morgan fingerprint density at radius 3 is 1.96 bits per heavy atom. The first-order valence-electron chi connectivity index (χ1n) is 7.60. The predicted octanol–water partition coefficient (Wildman–Crippen LogP) is 0.699. The average molecular weight is 362 g/mol. The number of esters is 3. The van der Waals surface area contributed by atoms with Gasteiger partial charge < -0.3 is 28.4 Å². The minimum absolute atomic E-state index is 0.301. The zero-order valence-corrected chi connectivity index (χ0v) is 14.7. The van der Waals surface area contributed by atoms with Gasteiger partial charge in [0.15, 0.2) is 6.10 Å². The van der Waals surface area contributed by atoms with Crippen LogP contribution < -0.4 is 0 Å². The van der Waals surface area contributed by atoms with Gasteiger partial charge in [0, 0.05) is 20.8 Å².